The van der Waals surface area contributed by atoms with Crippen molar-refractivity contribution in [3.63, 3.8) is 0 Å². The molecule has 1 aliphatic carbocycles. The van der Waals surface area contributed by atoms with Gasteiger partial charge in [-0.3, -0.25) is 9.89 Å². The average Bonchev–Trinajstić information content (AvgIpc) is 3.51. The van der Waals surface area contributed by atoms with E-state index in [2.05, 4.69) is 42.0 Å². The number of nitrogens with zero attached hydrogens (tertiary/aromatic N) is 5. The van der Waals surface area contributed by atoms with Crippen LogP contribution >= 0.6 is 0 Å². The summed E-state index contributed by atoms with van der Waals surface area (Å²) in [6.45, 7) is 9.67. The quantitative estimate of drug-likeness (QED) is 0.331. The van der Waals surface area contributed by atoms with Gasteiger partial charge in [0.05, 0.1) is 27.8 Å². The number of aromatic hydroxyl groups is 1. The molecule has 0 saturated carbocycles. The number of aromatic nitrogens is 2. The van der Waals surface area contributed by atoms with Crippen molar-refractivity contribution in [2.75, 3.05) is 37.7 Å². The average molecular weight is 651 g/mol. The summed E-state index contributed by atoms with van der Waals surface area (Å²) in [6, 6.07) is 7.77. The van der Waals surface area contributed by atoms with Gasteiger partial charge in [-0.2, -0.15) is 9.97 Å². The van der Waals surface area contributed by atoms with Crippen LogP contribution in [0.4, 0.5) is 14.6 Å². The largest absolute Gasteiger partial charge is 0.508 e. The molecule has 0 amide bonds. The van der Waals surface area contributed by atoms with E-state index in [9.17, 15) is 9.50 Å². The fourth-order valence-corrected chi connectivity index (χ4v) is 9.81. The Bertz CT molecular complexity index is 2180. The van der Waals surface area contributed by atoms with Gasteiger partial charge in [0.2, 0.25) is 0 Å². The van der Waals surface area contributed by atoms with Gasteiger partial charge in [-0.1, -0.05) is 26.0 Å². The second kappa shape index (κ2) is 10.1. The Morgan fingerprint density at radius 2 is 1.85 bits per heavy atom. The molecular formula is C38H40F2N6O2. The molecule has 1 aromatic heterocycles. The number of phenols is 1. The first-order valence-electron chi connectivity index (χ1n) is 17.6. The number of rotatable bonds is 4. The Morgan fingerprint density at radius 3 is 2.60 bits per heavy atom. The summed E-state index contributed by atoms with van der Waals surface area (Å²) < 4.78 is 37.1. The zero-order valence-electron chi connectivity index (χ0n) is 27.6. The topological polar surface area (TPSA) is 86.1 Å². The van der Waals surface area contributed by atoms with Crippen LogP contribution in [0.1, 0.15) is 63.5 Å². The Morgan fingerprint density at radius 1 is 1.04 bits per heavy atom. The van der Waals surface area contributed by atoms with Gasteiger partial charge in [0, 0.05) is 66.9 Å². The molecule has 5 aliphatic heterocycles. The predicted octanol–water partition coefficient (Wildman–Crippen LogP) is 4.70. The molecule has 0 spiro atoms. The third-order valence-corrected chi connectivity index (χ3v) is 12.4. The number of nitrogens with one attached hydrogen (secondary N) is 1. The first-order chi connectivity index (χ1) is 23.2. The van der Waals surface area contributed by atoms with Crippen molar-refractivity contribution in [3.8, 4) is 22.9 Å². The predicted molar refractivity (Wildman–Crippen MR) is 182 cm³/mol. The standard InChI is InChI=1S/C38H40F2N6O2/c1-18-10-27-33-35(30-19(2)29-28(40)7-4-21-11-25(47)12-26(31(21)29)32(30)34(27)41-20(18)3)43-37(48-17-38-8-9-46(38)14-22(39)13-38)44-36(33)45-15-23-5-6-24(16-45)42-23/h4,7,10-12,18-20,22-24,42,47H,5-6,8-9,13-17H2,1-3H3. The van der Waals surface area contributed by atoms with Crippen molar-refractivity contribution < 1.29 is 18.6 Å². The fraction of sp³-hybridized carbons (Fsp3) is 0.500. The number of fused-ring (bicyclic) bond motifs is 10. The summed E-state index contributed by atoms with van der Waals surface area (Å²) in [4.78, 5) is 20.3. The van der Waals surface area contributed by atoms with Crippen LogP contribution in [0.3, 0.4) is 0 Å². The van der Waals surface area contributed by atoms with Gasteiger partial charge >= 0.3 is 6.01 Å². The highest BCUT2D eigenvalue weighted by molar-refractivity contribution is 6.08. The first-order valence-corrected chi connectivity index (χ1v) is 17.6. The number of piperazine rings is 1. The maximum absolute atomic E-state index is 16.0. The molecule has 7 atom stereocenters. The number of hydrogen-bond acceptors (Lipinski definition) is 8. The lowest BCUT2D eigenvalue weighted by molar-refractivity contribution is -0.0132. The SMILES string of the molecule is CC1c2c(c3c(c4c(N5CC6CCC(C5)N6)nc(OCC56CCN5CC(F)C6)nc24)=CC(C)C(C)N=3)-c2cc(O)cc3ccc(F)c1c23. The number of phenolic OH excluding ortho intramolecular Hbond substituents is 1. The van der Waals surface area contributed by atoms with E-state index in [1.165, 1.54) is 6.07 Å². The summed E-state index contributed by atoms with van der Waals surface area (Å²) in [5.74, 6) is 0.499. The Kier molecular flexibility index (Phi) is 6.10. The summed E-state index contributed by atoms with van der Waals surface area (Å²) in [5.41, 5.74) is 3.57. The summed E-state index contributed by atoms with van der Waals surface area (Å²) in [6.07, 6.45) is 5.06. The third kappa shape index (κ3) is 4.02. The van der Waals surface area contributed by atoms with Crippen LogP contribution < -0.4 is 25.5 Å². The van der Waals surface area contributed by atoms with Crippen LogP contribution in [0.5, 0.6) is 11.8 Å². The lowest BCUT2D eigenvalue weighted by atomic mass is 9.75. The molecule has 2 bridgehead atoms. The highest BCUT2D eigenvalue weighted by Crippen LogP contribution is 2.49. The molecule has 4 aromatic rings. The maximum atomic E-state index is 16.0. The number of hydrogen-bond donors (Lipinski definition) is 2. The van der Waals surface area contributed by atoms with Crippen LogP contribution in [0.15, 0.2) is 29.3 Å². The van der Waals surface area contributed by atoms with Gasteiger partial charge < -0.3 is 20.1 Å². The first kappa shape index (κ1) is 29.1. The highest BCUT2D eigenvalue weighted by atomic mass is 19.1. The van der Waals surface area contributed by atoms with Crippen molar-refractivity contribution in [1.82, 2.24) is 20.2 Å². The third-order valence-electron chi connectivity index (χ3n) is 12.4. The molecule has 48 heavy (non-hydrogen) atoms. The minimum absolute atomic E-state index is 0.0356. The van der Waals surface area contributed by atoms with E-state index in [-0.39, 0.29) is 41.0 Å². The van der Waals surface area contributed by atoms with Crippen LogP contribution in [-0.2, 0) is 0 Å². The van der Waals surface area contributed by atoms with Gasteiger partial charge in [0.1, 0.15) is 30.2 Å². The normalized spacial score (nSPS) is 31.6. The Balaban J connectivity index is 1.28. The maximum Gasteiger partial charge on any atom is 0.319 e. The van der Waals surface area contributed by atoms with E-state index >= 15 is 4.39 Å². The van der Waals surface area contributed by atoms with E-state index in [0.29, 0.717) is 37.2 Å². The molecule has 248 valence electrons. The monoisotopic (exact) mass is 650 g/mol. The molecule has 2 N–H and O–H groups in total. The van der Waals surface area contributed by atoms with Gasteiger partial charge in [0.25, 0.3) is 0 Å². The molecular weight excluding hydrogens is 610 g/mol. The van der Waals surface area contributed by atoms with Crippen LogP contribution in [0, 0.1) is 11.7 Å². The lowest BCUT2D eigenvalue weighted by Crippen LogP contribution is -2.59. The second-order valence-electron chi connectivity index (χ2n) is 15.3. The Labute approximate surface area is 277 Å². The molecule has 6 heterocycles. The van der Waals surface area contributed by atoms with E-state index in [1.807, 2.05) is 0 Å². The van der Waals surface area contributed by atoms with Crippen LogP contribution in [0.2, 0.25) is 0 Å². The van der Waals surface area contributed by atoms with E-state index in [0.717, 1.165) is 93.7 Å². The van der Waals surface area contributed by atoms with Crippen molar-refractivity contribution in [1.29, 1.82) is 0 Å². The van der Waals surface area contributed by atoms with Crippen molar-refractivity contribution in [2.24, 2.45) is 10.9 Å². The summed E-state index contributed by atoms with van der Waals surface area (Å²) >= 11 is 0. The van der Waals surface area contributed by atoms with Gasteiger partial charge in [-0.05, 0) is 72.2 Å². The Hall–Kier alpha value is -3.89. The minimum Gasteiger partial charge on any atom is -0.508 e. The van der Waals surface area contributed by atoms with Crippen molar-refractivity contribution in [2.45, 2.75) is 82.2 Å². The highest BCUT2D eigenvalue weighted by Gasteiger charge is 2.53. The van der Waals surface area contributed by atoms with E-state index in [4.69, 9.17) is 19.7 Å². The molecule has 7 unspecified atom stereocenters. The van der Waals surface area contributed by atoms with E-state index < -0.39 is 6.17 Å². The molecule has 4 fully saturated rings. The number of alkyl halides is 1. The second-order valence-corrected chi connectivity index (χ2v) is 15.3. The zero-order valence-corrected chi connectivity index (χ0v) is 27.6. The summed E-state index contributed by atoms with van der Waals surface area (Å²) in [7, 11) is 0. The van der Waals surface area contributed by atoms with Crippen LogP contribution in [-0.4, -0.2) is 82.6 Å². The molecule has 10 heteroatoms. The number of benzene rings is 3. The molecule has 6 aliphatic rings. The molecule has 0 radical (unpaired) electrons. The number of ether oxygens (including phenoxy) is 1. The van der Waals surface area contributed by atoms with Gasteiger partial charge in [-0.25, -0.2) is 8.78 Å². The lowest BCUT2D eigenvalue weighted by Gasteiger charge is -2.47. The smallest absolute Gasteiger partial charge is 0.319 e. The number of halogens is 2. The zero-order chi connectivity index (χ0) is 32.6. The van der Waals surface area contributed by atoms with E-state index in [1.54, 1.807) is 18.2 Å². The molecule has 4 saturated heterocycles. The molecule has 8 nitrogen and oxygen atoms in total. The molecule has 3 aromatic carbocycles. The minimum atomic E-state index is -0.849. The van der Waals surface area contributed by atoms with Crippen molar-refractivity contribution >= 4 is 33.6 Å². The number of anilines is 1. The van der Waals surface area contributed by atoms with Gasteiger partial charge in [-0.15, -0.1) is 0 Å². The summed E-state index contributed by atoms with van der Waals surface area (Å²) in [5, 5.41) is 19.1. The van der Waals surface area contributed by atoms with Crippen LogP contribution in [0.25, 0.3) is 38.9 Å². The van der Waals surface area contributed by atoms with Crippen molar-refractivity contribution in [3.05, 3.63) is 51.8 Å². The molecule has 10 rings (SSSR count). The van der Waals surface area contributed by atoms with Gasteiger partial charge in [0.15, 0.2) is 0 Å². The fourth-order valence-electron chi connectivity index (χ4n) is 9.81.